The molecule has 0 spiro atoms. The molecule has 8 nitrogen and oxygen atoms in total. The molecule has 0 aromatic carbocycles. The zero-order chi connectivity index (χ0) is 18.8. The van der Waals surface area contributed by atoms with Crippen molar-refractivity contribution in [3.63, 3.8) is 0 Å². The second-order valence-electron chi connectivity index (χ2n) is 6.52. The highest BCUT2D eigenvalue weighted by molar-refractivity contribution is 5.96. The Bertz CT molecular complexity index is 985. The van der Waals surface area contributed by atoms with Gasteiger partial charge in [-0.05, 0) is 24.6 Å². The fourth-order valence-electron chi connectivity index (χ4n) is 3.33. The second-order valence-corrected chi connectivity index (χ2v) is 6.52. The van der Waals surface area contributed by atoms with Crippen LogP contribution in [0, 0.1) is 5.92 Å². The first-order chi connectivity index (χ1) is 13.2. The van der Waals surface area contributed by atoms with Crippen molar-refractivity contribution in [1.82, 2.24) is 24.4 Å². The van der Waals surface area contributed by atoms with Crippen molar-refractivity contribution in [2.24, 2.45) is 5.92 Å². The summed E-state index contributed by atoms with van der Waals surface area (Å²) in [5, 5.41) is 0. The van der Waals surface area contributed by atoms with Gasteiger partial charge in [0.25, 0.3) is 5.91 Å². The Hall–Kier alpha value is -3.29. The predicted molar refractivity (Wildman–Crippen MR) is 96.9 cm³/mol. The van der Waals surface area contributed by atoms with E-state index in [0.717, 1.165) is 5.69 Å². The van der Waals surface area contributed by atoms with Crippen LogP contribution in [0.3, 0.4) is 0 Å². The summed E-state index contributed by atoms with van der Waals surface area (Å²) in [6.45, 7) is 1.47. The average molecular weight is 365 g/mol. The van der Waals surface area contributed by atoms with Crippen LogP contribution in [-0.4, -0.2) is 56.5 Å². The lowest BCUT2D eigenvalue weighted by molar-refractivity contribution is -0.144. The second kappa shape index (κ2) is 7.14. The smallest absolute Gasteiger partial charge is 0.310 e. The highest BCUT2D eigenvalue weighted by atomic mass is 16.5. The van der Waals surface area contributed by atoms with Gasteiger partial charge in [-0.15, -0.1) is 0 Å². The van der Waals surface area contributed by atoms with Crippen LogP contribution in [0.5, 0.6) is 0 Å². The fourth-order valence-corrected chi connectivity index (χ4v) is 3.33. The number of methoxy groups -OCH3 is 1. The number of aromatic nitrogens is 4. The number of esters is 1. The molecule has 1 unspecified atom stereocenters. The number of ether oxygens (including phenoxy) is 1. The van der Waals surface area contributed by atoms with Gasteiger partial charge in [0.2, 0.25) is 0 Å². The molecule has 1 amide bonds. The zero-order valence-electron chi connectivity index (χ0n) is 14.9. The van der Waals surface area contributed by atoms with Crippen LogP contribution in [0.2, 0.25) is 0 Å². The van der Waals surface area contributed by atoms with E-state index in [2.05, 4.69) is 15.0 Å². The van der Waals surface area contributed by atoms with E-state index < -0.39 is 0 Å². The molecule has 3 aromatic heterocycles. The van der Waals surface area contributed by atoms with Crippen LogP contribution in [0.25, 0.3) is 11.2 Å². The van der Waals surface area contributed by atoms with Crippen LogP contribution in [-0.2, 0) is 16.1 Å². The fraction of sp³-hybridized carbons (Fsp3) is 0.316. The van der Waals surface area contributed by atoms with Crippen LogP contribution in [0.4, 0.5) is 0 Å². The Morgan fingerprint density at radius 3 is 2.93 bits per heavy atom. The molecule has 4 rings (SSSR count). The Balaban J connectivity index is 1.52. The normalized spacial score (nSPS) is 16.6. The molecule has 1 aliphatic heterocycles. The summed E-state index contributed by atoms with van der Waals surface area (Å²) in [6.07, 6.45) is 5.62. The molecule has 0 aliphatic carbocycles. The monoisotopic (exact) mass is 365 g/mol. The number of amides is 1. The summed E-state index contributed by atoms with van der Waals surface area (Å²) < 4.78 is 6.67. The topological polar surface area (TPSA) is 90.2 Å². The highest BCUT2D eigenvalue weighted by Gasteiger charge is 2.32. The number of rotatable bonds is 4. The molecule has 8 heteroatoms. The minimum Gasteiger partial charge on any atom is -0.469 e. The summed E-state index contributed by atoms with van der Waals surface area (Å²) >= 11 is 0. The molecular weight excluding hydrogens is 346 g/mol. The first-order valence-corrected chi connectivity index (χ1v) is 8.73. The van der Waals surface area contributed by atoms with Crippen molar-refractivity contribution in [3.8, 4) is 0 Å². The predicted octanol–water partition coefficient (Wildman–Crippen LogP) is 1.51. The van der Waals surface area contributed by atoms with E-state index in [9.17, 15) is 9.59 Å². The molecule has 0 radical (unpaired) electrons. The van der Waals surface area contributed by atoms with Crippen LogP contribution >= 0.6 is 0 Å². The van der Waals surface area contributed by atoms with Crippen molar-refractivity contribution < 1.29 is 14.3 Å². The van der Waals surface area contributed by atoms with Crippen molar-refractivity contribution in [3.05, 3.63) is 54.2 Å². The van der Waals surface area contributed by atoms with Crippen molar-refractivity contribution in [2.45, 2.75) is 13.0 Å². The Labute approximate surface area is 155 Å². The molecule has 3 aromatic rings. The van der Waals surface area contributed by atoms with E-state index in [0.29, 0.717) is 42.8 Å². The minimum atomic E-state index is -0.271. The van der Waals surface area contributed by atoms with E-state index in [4.69, 9.17) is 4.74 Å². The van der Waals surface area contributed by atoms with Crippen molar-refractivity contribution in [2.75, 3.05) is 20.2 Å². The average Bonchev–Trinajstić information content (AvgIpc) is 3.35. The Morgan fingerprint density at radius 1 is 1.26 bits per heavy atom. The van der Waals surface area contributed by atoms with Crippen LogP contribution in [0.1, 0.15) is 22.5 Å². The van der Waals surface area contributed by atoms with Gasteiger partial charge in [-0.2, -0.15) is 0 Å². The van der Waals surface area contributed by atoms with E-state index in [1.807, 2.05) is 22.8 Å². The summed E-state index contributed by atoms with van der Waals surface area (Å²) in [4.78, 5) is 39.2. The quantitative estimate of drug-likeness (QED) is 0.651. The van der Waals surface area contributed by atoms with Gasteiger partial charge >= 0.3 is 5.97 Å². The third-order valence-electron chi connectivity index (χ3n) is 4.77. The van der Waals surface area contributed by atoms with Gasteiger partial charge in [-0.25, -0.2) is 9.97 Å². The summed E-state index contributed by atoms with van der Waals surface area (Å²) in [6, 6.07) is 7.48. The number of pyridine rings is 2. The van der Waals surface area contributed by atoms with E-state index >= 15 is 0 Å². The highest BCUT2D eigenvalue weighted by Crippen LogP contribution is 2.21. The molecule has 1 atom stereocenters. The van der Waals surface area contributed by atoms with Crippen molar-refractivity contribution in [1.29, 1.82) is 0 Å². The number of hydrogen-bond donors (Lipinski definition) is 0. The molecule has 1 saturated heterocycles. The number of carbonyl (C=O) groups is 2. The lowest BCUT2D eigenvalue weighted by Gasteiger charge is -2.15. The van der Waals surface area contributed by atoms with E-state index in [-0.39, 0.29) is 17.8 Å². The number of likely N-dealkylation sites (tertiary alicyclic amines) is 1. The molecule has 27 heavy (non-hydrogen) atoms. The lowest BCUT2D eigenvalue weighted by atomic mass is 10.1. The molecule has 0 N–H and O–H groups in total. The first kappa shape index (κ1) is 17.1. The largest absolute Gasteiger partial charge is 0.469 e. The van der Waals surface area contributed by atoms with Gasteiger partial charge in [-0.1, -0.05) is 6.07 Å². The van der Waals surface area contributed by atoms with Gasteiger partial charge in [0, 0.05) is 25.5 Å². The Morgan fingerprint density at radius 2 is 2.15 bits per heavy atom. The molecule has 0 saturated carbocycles. The summed E-state index contributed by atoms with van der Waals surface area (Å²) in [5.74, 6) is -0.671. The molecule has 1 fully saturated rings. The van der Waals surface area contributed by atoms with Gasteiger partial charge < -0.3 is 14.2 Å². The third-order valence-corrected chi connectivity index (χ3v) is 4.77. The van der Waals surface area contributed by atoms with Gasteiger partial charge in [0.05, 0.1) is 37.2 Å². The molecule has 1 aliphatic rings. The number of hydrogen-bond acceptors (Lipinski definition) is 6. The van der Waals surface area contributed by atoms with Gasteiger partial charge in [-0.3, -0.25) is 14.6 Å². The third kappa shape index (κ3) is 3.38. The maximum absolute atomic E-state index is 12.7. The molecule has 4 heterocycles. The van der Waals surface area contributed by atoms with E-state index in [1.54, 1.807) is 29.7 Å². The lowest BCUT2D eigenvalue weighted by Crippen LogP contribution is -2.30. The van der Waals surface area contributed by atoms with E-state index in [1.165, 1.54) is 7.11 Å². The van der Waals surface area contributed by atoms with Gasteiger partial charge in [0.15, 0.2) is 5.65 Å². The number of fused-ring (bicyclic) bond motifs is 1. The maximum atomic E-state index is 12.7. The molecule has 138 valence electrons. The first-order valence-electron chi connectivity index (χ1n) is 8.73. The summed E-state index contributed by atoms with van der Waals surface area (Å²) in [7, 11) is 1.37. The number of imidazole rings is 1. The summed E-state index contributed by atoms with van der Waals surface area (Å²) in [5.41, 5.74) is 2.73. The maximum Gasteiger partial charge on any atom is 0.310 e. The van der Waals surface area contributed by atoms with Gasteiger partial charge in [0.1, 0.15) is 5.52 Å². The molecule has 0 bridgehead atoms. The Kier molecular flexibility index (Phi) is 4.53. The van der Waals surface area contributed by atoms with Crippen molar-refractivity contribution >= 4 is 23.0 Å². The number of nitrogens with zero attached hydrogens (tertiary/aromatic N) is 5. The molecular formula is C19H19N5O3. The minimum absolute atomic E-state index is 0.143. The zero-order valence-corrected chi connectivity index (χ0v) is 14.9. The standard InChI is InChI=1S/C19H19N5O3/c1-27-19(26)13-5-7-23(10-13)18(25)14-8-16-17(21-9-14)24(12-22-16)11-15-4-2-3-6-20-15/h2-4,6,8-9,12-13H,5,7,10-11H2,1H3. The van der Waals surface area contributed by atoms with Crippen LogP contribution < -0.4 is 0 Å². The SMILES string of the molecule is COC(=O)C1CCN(C(=O)c2cnc3c(c2)ncn3Cc2ccccn2)C1. The number of carbonyl (C=O) groups excluding carboxylic acids is 2. The van der Waals surface area contributed by atoms with Crippen LogP contribution in [0.15, 0.2) is 43.0 Å².